The Bertz CT molecular complexity index is 1290. The minimum atomic E-state index is -3.60. The van der Waals surface area contributed by atoms with E-state index in [-0.39, 0.29) is 6.04 Å². The van der Waals surface area contributed by atoms with Crippen LogP contribution < -0.4 is 10.6 Å². The highest BCUT2D eigenvalue weighted by atomic mass is 32.2. The van der Waals surface area contributed by atoms with Gasteiger partial charge in [-0.1, -0.05) is 17.7 Å². The van der Waals surface area contributed by atoms with E-state index in [2.05, 4.69) is 25.5 Å². The van der Waals surface area contributed by atoms with Gasteiger partial charge in [-0.25, -0.2) is 13.4 Å². The second-order valence-corrected chi connectivity index (χ2v) is 13.0. The predicted octanol–water partition coefficient (Wildman–Crippen LogP) is 5.25. The van der Waals surface area contributed by atoms with Crippen LogP contribution in [0.3, 0.4) is 0 Å². The molecule has 0 bridgehead atoms. The summed E-state index contributed by atoms with van der Waals surface area (Å²) >= 11 is 1.91. The zero-order valence-corrected chi connectivity index (χ0v) is 23.5. The number of anilines is 4. The van der Waals surface area contributed by atoms with Crippen LogP contribution in [0.1, 0.15) is 31.2 Å². The van der Waals surface area contributed by atoms with Gasteiger partial charge in [0.05, 0.1) is 4.90 Å². The second-order valence-electron chi connectivity index (χ2n) is 9.91. The number of hydrogen-bond donors (Lipinski definition) is 2. The largest absolute Gasteiger partial charge is 0.340 e. The van der Waals surface area contributed by atoms with Gasteiger partial charge in [0.2, 0.25) is 16.0 Å². The molecule has 2 fully saturated rings. The molecule has 8 nitrogen and oxygen atoms in total. The zero-order valence-electron chi connectivity index (χ0n) is 21.8. The van der Waals surface area contributed by atoms with Gasteiger partial charge in [-0.15, -0.1) is 0 Å². The van der Waals surface area contributed by atoms with Gasteiger partial charge in [0, 0.05) is 36.7 Å². The zero-order chi connectivity index (χ0) is 26.4. The van der Waals surface area contributed by atoms with Crippen LogP contribution in [0.2, 0.25) is 0 Å². The summed E-state index contributed by atoms with van der Waals surface area (Å²) in [5.41, 5.74) is 2.87. The fourth-order valence-corrected chi connectivity index (χ4v) is 7.72. The first kappa shape index (κ1) is 26.9. The fourth-order valence-electron chi connectivity index (χ4n) is 4.97. The highest BCUT2D eigenvalue weighted by Gasteiger charge is 2.33. The molecule has 2 saturated heterocycles. The number of hydrogen-bond acceptors (Lipinski definition) is 8. The third-order valence-corrected chi connectivity index (χ3v) is 10.1. The summed E-state index contributed by atoms with van der Waals surface area (Å²) in [5.74, 6) is 3.14. The van der Waals surface area contributed by atoms with Crippen molar-refractivity contribution in [3.63, 3.8) is 0 Å². The summed E-state index contributed by atoms with van der Waals surface area (Å²) in [5, 5.41) is 6.47. The molecular weight excluding hydrogens is 516 g/mol. The average molecular weight is 553 g/mol. The van der Waals surface area contributed by atoms with Gasteiger partial charge in [0.25, 0.3) is 0 Å². The van der Waals surface area contributed by atoms with Crippen LogP contribution in [0.5, 0.6) is 0 Å². The third-order valence-electron chi connectivity index (χ3n) is 7.13. The van der Waals surface area contributed by atoms with Crippen molar-refractivity contribution in [2.24, 2.45) is 0 Å². The molecule has 2 aromatic carbocycles. The van der Waals surface area contributed by atoms with Crippen LogP contribution in [0.15, 0.2) is 65.7 Å². The molecule has 10 heteroatoms. The van der Waals surface area contributed by atoms with Crippen LogP contribution >= 0.6 is 11.8 Å². The lowest BCUT2D eigenvalue weighted by molar-refractivity contribution is 0.250. The maximum absolute atomic E-state index is 13.8. The molecular formula is C28H36N6O2S2. The lowest BCUT2D eigenvalue weighted by Crippen LogP contribution is -2.45. The number of sulfonamides is 1. The molecule has 0 unspecified atom stereocenters. The maximum Gasteiger partial charge on any atom is 0.243 e. The molecule has 38 heavy (non-hydrogen) atoms. The Morgan fingerprint density at radius 3 is 2.32 bits per heavy atom. The summed E-state index contributed by atoms with van der Waals surface area (Å²) in [4.78, 5) is 11.6. The van der Waals surface area contributed by atoms with Crippen molar-refractivity contribution in [1.82, 2.24) is 19.2 Å². The van der Waals surface area contributed by atoms with E-state index in [0.717, 1.165) is 55.4 Å². The van der Waals surface area contributed by atoms with Crippen LogP contribution in [-0.4, -0.2) is 71.3 Å². The molecule has 3 heterocycles. The molecule has 0 atom stereocenters. The maximum atomic E-state index is 13.8. The summed E-state index contributed by atoms with van der Waals surface area (Å²) in [6.45, 7) is 5.53. The van der Waals surface area contributed by atoms with Crippen LogP contribution in [0.4, 0.5) is 23.1 Å². The van der Waals surface area contributed by atoms with Crippen molar-refractivity contribution in [2.75, 3.05) is 48.3 Å². The molecule has 2 aliphatic rings. The molecule has 0 spiro atoms. The van der Waals surface area contributed by atoms with Gasteiger partial charge in [-0.05, 0) is 99.7 Å². The first-order valence-electron chi connectivity index (χ1n) is 13.3. The van der Waals surface area contributed by atoms with E-state index in [1.807, 2.05) is 43.0 Å². The van der Waals surface area contributed by atoms with E-state index < -0.39 is 10.0 Å². The minimum Gasteiger partial charge on any atom is -0.340 e. The summed E-state index contributed by atoms with van der Waals surface area (Å²) in [6, 6.07) is 16.9. The topological polar surface area (TPSA) is 90.5 Å². The smallest absolute Gasteiger partial charge is 0.243 e. The van der Waals surface area contributed by atoms with Gasteiger partial charge in [0.15, 0.2) is 0 Å². The van der Waals surface area contributed by atoms with Crippen molar-refractivity contribution >= 4 is 44.9 Å². The van der Waals surface area contributed by atoms with E-state index in [9.17, 15) is 8.42 Å². The lowest BCUT2D eigenvalue weighted by atomic mass is 10.1. The molecule has 0 saturated carbocycles. The van der Waals surface area contributed by atoms with Crippen molar-refractivity contribution in [3.05, 3.63) is 66.4 Å². The van der Waals surface area contributed by atoms with Crippen molar-refractivity contribution in [3.8, 4) is 0 Å². The average Bonchev–Trinajstić information content (AvgIpc) is 3.45. The van der Waals surface area contributed by atoms with E-state index in [0.29, 0.717) is 23.2 Å². The first-order chi connectivity index (χ1) is 18.5. The molecule has 1 aromatic heterocycles. The lowest BCUT2D eigenvalue weighted by Gasteiger charge is -2.34. The Labute approximate surface area is 230 Å². The fraction of sp³-hybridized carbons (Fsp3) is 0.429. The molecule has 2 aliphatic heterocycles. The van der Waals surface area contributed by atoms with Crippen LogP contribution in [-0.2, 0) is 10.0 Å². The summed E-state index contributed by atoms with van der Waals surface area (Å²) in [7, 11) is -3.60. The molecule has 202 valence electrons. The molecule has 0 amide bonds. The second kappa shape index (κ2) is 12.5. The number of likely N-dealkylation sites (tertiary alicyclic amines) is 1. The Morgan fingerprint density at radius 2 is 1.61 bits per heavy atom. The monoisotopic (exact) mass is 552 g/mol. The van der Waals surface area contributed by atoms with Gasteiger partial charge in [-0.2, -0.15) is 21.1 Å². The number of benzene rings is 2. The molecule has 3 aromatic rings. The number of rotatable bonds is 10. The van der Waals surface area contributed by atoms with Crippen LogP contribution in [0, 0.1) is 6.92 Å². The van der Waals surface area contributed by atoms with Crippen molar-refractivity contribution in [1.29, 1.82) is 0 Å². The molecule has 5 rings (SSSR count). The predicted molar refractivity (Wildman–Crippen MR) is 156 cm³/mol. The van der Waals surface area contributed by atoms with Gasteiger partial charge in [0.1, 0.15) is 5.82 Å². The normalized spacial score (nSPS) is 17.1. The Hall–Kier alpha value is -2.66. The first-order valence-corrected chi connectivity index (χ1v) is 15.9. The Kier molecular flexibility index (Phi) is 8.83. The van der Waals surface area contributed by atoms with Crippen molar-refractivity contribution in [2.45, 2.75) is 43.5 Å². The quantitative estimate of drug-likeness (QED) is 0.352. The van der Waals surface area contributed by atoms with Gasteiger partial charge in [-0.3, -0.25) is 0 Å². The summed E-state index contributed by atoms with van der Waals surface area (Å²) < 4.78 is 29.4. The number of aryl methyl sites for hydroxylation is 1. The van der Waals surface area contributed by atoms with E-state index >= 15 is 0 Å². The number of nitrogens with one attached hydrogen (secondary N) is 2. The highest BCUT2D eigenvalue weighted by Crippen LogP contribution is 2.28. The standard InChI is InChI=1S/C28H36N6O2S2/c1-22-4-6-23(7-5-22)30-27-12-15-29-28(32-27)31-24-8-10-26(11-9-24)38(35,36)34(25-13-20-37-21-14-25)19-18-33-16-2-3-17-33/h4-12,15,25H,2-3,13-14,16-21H2,1H3,(H2,29,30,31,32). The van der Waals surface area contributed by atoms with Gasteiger partial charge < -0.3 is 15.5 Å². The number of aromatic nitrogens is 2. The minimum absolute atomic E-state index is 0.0684. The SMILES string of the molecule is Cc1ccc(Nc2ccnc(Nc3ccc(S(=O)(=O)N(CCN4CCCC4)C4CCSCC4)cc3)n2)cc1. The Balaban J connectivity index is 1.27. The van der Waals surface area contributed by atoms with Crippen LogP contribution in [0.25, 0.3) is 0 Å². The molecule has 0 radical (unpaired) electrons. The highest BCUT2D eigenvalue weighted by molar-refractivity contribution is 7.99. The van der Waals surface area contributed by atoms with Crippen molar-refractivity contribution < 1.29 is 8.42 Å². The Morgan fingerprint density at radius 1 is 0.947 bits per heavy atom. The number of nitrogens with zero attached hydrogens (tertiary/aromatic N) is 4. The summed E-state index contributed by atoms with van der Waals surface area (Å²) in [6.07, 6.45) is 5.92. The van der Waals surface area contributed by atoms with E-state index in [1.165, 1.54) is 18.4 Å². The van der Waals surface area contributed by atoms with Gasteiger partial charge >= 0.3 is 0 Å². The van der Waals surface area contributed by atoms with E-state index in [1.54, 1.807) is 40.8 Å². The third kappa shape index (κ3) is 6.85. The molecule has 2 N–H and O–H groups in total. The molecule has 0 aliphatic carbocycles. The van der Waals surface area contributed by atoms with E-state index in [4.69, 9.17) is 0 Å². The number of thioether (sulfide) groups is 1.